The van der Waals surface area contributed by atoms with Crippen LogP contribution in [0.15, 0.2) is 36.0 Å². The number of aryl methyl sites for hydroxylation is 1. The van der Waals surface area contributed by atoms with E-state index in [1.807, 2.05) is 37.6 Å². The molecule has 1 saturated heterocycles. The van der Waals surface area contributed by atoms with Gasteiger partial charge in [0.05, 0.1) is 15.7 Å². The number of benzene rings is 1. The first-order valence-electron chi connectivity index (χ1n) is 8.24. The van der Waals surface area contributed by atoms with Gasteiger partial charge in [0.15, 0.2) is 0 Å². The van der Waals surface area contributed by atoms with E-state index < -0.39 is 17.8 Å². The molecule has 1 aromatic carbocycles. The Morgan fingerprint density at radius 1 is 1.15 bits per heavy atom. The van der Waals surface area contributed by atoms with Crippen LogP contribution in [0.2, 0.25) is 10.0 Å². The fourth-order valence-electron chi connectivity index (χ4n) is 2.96. The van der Waals surface area contributed by atoms with Crippen LogP contribution in [0.3, 0.4) is 0 Å². The Morgan fingerprint density at radius 2 is 1.85 bits per heavy atom. The van der Waals surface area contributed by atoms with Crippen LogP contribution in [0.25, 0.3) is 6.08 Å². The average molecular weight is 406 g/mol. The minimum absolute atomic E-state index is 0.0539. The second-order valence-corrected chi connectivity index (χ2v) is 7.23. The van der Waals surface area contributed by atoms with Crippen molar-refractivity contribution >= 4 is 52.8 Å². The molecule has 0 atom stereocenters. The van der Waals surface area contributed by atoms with E-state index in [9.17, 15) is 14.4 Å². The Morgan fingerprint density at radius 3 is 2.48 bits per heavy atom. The first-order valence-corrected chi connectivity index (χ1v) is 9.00. The van der Waals surface area contributed by atoms with Crippen LogP contribution in [-0.2, 0) is 9.59 Å². The molecule has 27 heavy (non-hydrogen) atoms. The van der Waals surface area contributed by atoms with Gasteiger partial charge in [-0.2, -0.15) is 0 Å². The smallest absolute Gasteiger partial charge is 0.336 e. The molecule has 2 heterocycles. The van der Waals surface area contributed by atoms with Gasteiger partial charge in [0.2, 0.25) is 0 Å². The number of aromatic nitrogens is 1. The normalized spacial score (nSPS) is 16.4. The number of barbiturate groups is 1. The molecule has 1 aromatic heterocycles. The summed E-state index contributed by atoms with van der Waals surface area (Å²) >= 11 is 12.1. The zero-order valence-electron chi connectivity index (χ0n) is 14.9. The van der Waals surface area contributed by atoms with Crippen molar-refractivity contribution < 1.29 is 14.4 Å². The Balaban J connectivity index is 2.05. The molecule has 0 saturated carbocycles. The minimum Gasteiger partial charge on any atom is -0.349 e. The van der Waals surface area contributed by atoms with Gasteiger partial charge < -0.3 is 4.57 Å². The number of nitrogens with one attached hydrogen (secondary N) is 1. The Labute approximate surface area is 166 Å². The monoisotopic (exact) mass is 405 g/mol. The molecular formula is C19H17Cl2N3O3. The third-order valence-electron chi connectivity index (χ3n) is 4.21. The summed E-state index contributed by atoms with van der Waals surface area (Å²) in [6.07, 6.45) is 3.31. The second-order valence-electron chi connectivity index (χ2n) is 6.45. The van der Waals surface area contributed by atoms with Crippen molar-refractivity contribution in [2.45, 2.75) is 26.8 Å². The number of urea groups is 1. The van der Waals surface area contributed by atoms with E-state index in [1.54, 1.807) is 12.1 Å². The number of nitrogens with zero attached hydrogens (tertiary/aromatic N) is 2. The van der Waals surface area contributed by atoms with Gasteiger partial charge in [0.25, 0.3) is 11.8 Å². The van der Waals surface area contributed by atoms with Crippen LogP contribution < -0.4 is 10.2 Å². The molecule has 1 N–H and O–H groups in total. The van der Waals surface area contributed by atoms with Crippen LogP contribution in [0.4, 0.5) is 10.5 Å². The molecule has 1 aliphatic rings. The van der Waals surface area contributed by atoms with Crippen LogP contribution in [0.5, 0.6) is 0 Å². The van der Waals surface area contributed by atoms with Crippen molar-refractivity contribution in [2.24, 2.45) is 0 Å². The third kappa shape index (κ3) is 3.50. The van der Waals surface area contributed by atoms with E-state index in [2.05, 4.69) is 5.32 Å². The lowest BCUT2D eigenvalue weighted by Crippen LogP contribution is -2.54. The van der Waals surface area contributed by atoms with Crippen molar-refractivity contribution in [1.82, 2.24) is 9.88 Å². The number of carbonyl (C=O) groups excluding carboxylic acids is 3. The van der Waals surface area contributed by atoms with Gasteiger partial charge in [0.1, 0.15) is 5.57 Å². The standard InChI is InChI=1S/C19H17Cl2N3O3/c1-10(2)23-9-12(7-11(23)3)8-13-17(25)22-19(27)24(18(13)26)15-6-4-5-14(20)16(15)21/h4-10H,1-3H3,(H,22,25,27)/b13-8-. The zero-order chi connectivity index (χ0) is 19.9. The number of amides is 4. The number of hydrogen-bond donors (Lipinski definition) is 1. The molecule has 0 unspecified atom stereocenters. The highest BCUT2D eigenvalue weighted by Crippen LogP contribution is 2.34. The molecule has 0 spiro atoms. The number of halogens is 2. The van der Waals surface area contributed by atoms with Crippen molar-refractivity contribution in [1.29, 1.82) is 0 Å². The molecule has 3 rings (SSSR count). The molecule has 1 aliphatic heterocycles. The van der Waals surface area contributed by atoms with Gasteiger partial charge in [-0.05, 0) is 50.6 Å². The zero-order valence-corrected chi connectivity index (χ0v) is 16.4. The Bertz CT molecular complexity index is 992. The summed E-state index contributed by atoms with van der Waals surface area (Å²) in [6, 6.07) is 5.81. The molecule has 0 bridgehead atoms. The van der Waals surface area contributed by atoms with Gasteiger partial charge in [0, 0.05) is 17.9 Å². The fourth-order valence-corrected chi connectivity index (χ4v) is 3.34. The van der Waals surface area contributed by atoms with Crippen molar-refractivity contribution in [3.05, 3.63) is 57.3 Å². The molecule has 2 aromatic rings. The summed E-state index contributed by atoms with van der Waals surface area (Å²) < 4.78 is 2.02. The summed E-state index contributed by atoms with van der Waals surface area (Å²) in [6.45, 7) is 6.00. The molecule has 0 radical (unpaired) electrons. The molecule has 0 aliphatic carbocycles. The van der Waals surface area contributed by atoms with E-state index in [-0.39, 0.29) is 27.3 Å². The number of carbonyl (C=O) groups is 3. The van der Waals surface area contributed by atoms with Crippen LogP contribution in [-0.4, -0.2) is 22.4 Å². The van der Waals surface area contributed by atoms with Gasteiger partial charge >= 0.3 is 6.03 Å². The Hall–Kier alpha value is -2.57. The van der Waals surface area contributed by atoms with Crippen LogP contribution >= 0.6 is 23.2 Å². The quantitative estimate of drug-likeness (QED) is 0.609. The summed E-state index contributed by atoms with van der Waals surface area (Å²) in [5.41, 5.74) is 1.63. The molecule has 1 fully saturated rings. The molecular weight excluding hydrogens is 389 g/mol. The molecule has 140 valence electrons. The SMILES string of the molecule is Cc1cc(/C=C2/C(=O)NC(=O)N(c3cccc(Cl)c3Cl)C2=O)cn1C(C)C. The third-order valence-corrected chi connectivity index (χ3v) is 5.02. The lowest BCUT2D eigenvalue weighted by molar-refractivity contribution is -0.122. The first-order chi connectivity index (χ1) is 12.7. The number of imide groups is 2. The predicted octanol–water partition coefficient (Wildman–Crippen LogP) is 4.35. The van der Waals surface area contributed by atoms with Crippen LogP contribution in [0, 0.1) is 6.92 Å². The van der Waals surface area contributed by atoms with Gasteiger partial charge in [-0.15, -0.1) is 0 Å². The van der Waals surface area contributed by atoms with Gasteiger partial charge in [-0.3, -0.25) is 14.9 Å². The summed E-state index contributed by atoms with van der Waals surface area (Å²) in [7, 11) is 0. The molecule has 4 amide bonds. The van der Waals surface area contributed by atoms with Crippen molar-refractivity contribution in [3.8, 4) is 0 Å². The fraction of sp³-hybridized carbons (Fsp3) is 0.211. The maximum absolute atomic E-state index is 12.9. The van der Waals surface area contributed by atoms with Crippen molar-refractivity contribution in [2.75, 3.05) is 4.90 Å². The first kappa shape index (κ1) is 19.2. The average Bonchev–Trinajstić information content (AvgIpc) is 2.96. The van der Waals surface area contributed by atoms with E-state index in [0.29, 0.717) is 5.56 Å². The highest BCUT2D eigenvalue weighted by Gasteiger charge is 2.38. The molecule has 6 nitrogen and oxygen atoms in total. The van der Waals surface area contributed by atoms with E-state index in [1.165, 1.54) is 12.1 Å². The number of hydrogen-bond acceptors (Lipinski definition) is 3. The minimum atomic E-state index is -0.873. The lowest BCUT2D eigenvalue weighted by Gasteiger charge is -2.27. The van der Waals surface area contributed by atoms with E-state index >= 15 is 0 Å². The summed E-state index contributed by atoms with van der Waals surface area (Å²) in [5.74, 6) is -1.52. The van der Waals surface area contributed by atoms with Gasteiger partial charge in [-0.1, -0.05) is 29.3 Å². The highest BCUT2D eigenvalue weighted by molar-refractivity contribution is 6.46. The van der Waals surface area contributed by atoms with Gasteiger partial charge in [-0.25, -0.2) is 9.69 Å². The van der Waals surface area contributed by atoms with E-state index in [4.69, 9.17) is 23.2 Å². The highest BCUT2D eigenvalue weighted by atomic mass is 35.5. The maximum Gasteiger partial charge on any atom is 0.336 e. The molecule has 8 heteroatoms. The second kappa shape index (κ2) is 7.21. The number of rotatable bonds is 3. The maximum atomic E-state index is 12.9. The summed E-state index contributed by atoms with van der Waals surface area (Å²) in [4.78, 5) is 38.2. The predicted molar refractivity (Wildman–Crippen MR) is 105 cm³/mol. The van der Waals surface area contributed by atoms with E-state index in [0.717, 1.165) is 10.6 Å². The summed E-state index contributed by atoms with van der Waals surface area (Å²) in [5, 5.41) is 2.42. The lowest BCUT2D eigenvalue weighted by atomic mass is 10.1. The van der Waals surface area contributed by atoms with Crippen molar-refractivity contribution in [3.63, 3.8) is 0 Å². The largest absolute Gasteiger partial charge is 0.349 e. The Kier molecular flexibility index (Phi) is 5.13. The van der Waals surface area contributed by atoms with Crippen LogP contribution in [0.1, 0.15) is 31.1 Å². The number of anilines is 1. The topological polar surface area (TPSA) is 71.4 Å².